The van der Waals surface area contributed by atoms with E-state index in [1.54, 1.807) is 73.1 Å². The Morgan fingerprint density at radius 2 is 1.13 bits per heavy atom. The van der Waals surface area contributed by atoms with Gasteiger partial charge in [-0.2, -0.15) is 0 Å². The average molecular weight is 880 g/mol. The average Bonchev–Trinajstić information content (AvgIpc) is 3.95. The van der Waals surface area contributed by atoms with Gasteiger partial charge in [0.05, 0.1) is 13.1 Å². The fourth-order valence-corrected chi connectivity index (χ4v) is 7.89. The van der Waals surface area contributed by atoms with Crippen LogP contribution in [0.2, 0.25) is 10.0 Å². The van der Waals surface area contributed by atoms with Crippen molar-refractivity contribution in [2.75, 3.05) is 42.6 Å². The van der Waals surface area contributed by atoms with Gasteiger partial charge in [-0.15, -0.1) is 0 Å². The topological polar surface area (TPSA) is 122 Å². The molecule has 4 aromatic carbocycles. The van der Waals surface area contributed by atoms with Gasteiger partial charge in [0.25, 0.3) is 0 Å². The van der Waals surface area contributed by atoms with Gasteiger partial charge in [0.15, 0.2) is 11.6 Å². The van der Waals surface area contributed by atoms with Crippen molar-refractivity contribution in [3.8, 4) is 11.8 Å². The molecule has 0 bridgehead atoms. The van der Waals surface area contributed by atoms with Crippen LogP contribution in [0.15, 0.2) is 122 Å². The number of aliphatic hydroxyl groups excluding tert-OH is 1. The summed E-state index contributed by atoms with van der Waals surface area (Å²) in [6.07, 6.45) is 6.08. The number of ether oxygens (including phenoxy) is 2. The Morgan fingerprint density at radius 1 is 0.661 bits per heavy atom. The number of pyridine rings is 2. The van der Waals surface area contributed by atoms with Gasteiger partial charge in [0.1, 0.15) is 40.2 Å². The summed E-state index contributed by atoms with van der Waals surface area (Å²) in [6, 6.07) is 28.9. The fourth-order valence-electron chi connectivity index (χ4n) is 7.56. The van der Waals surface area contributed by atoms with Gasteiger partial charge >= 0.3 is 0 Å². The van der Waals surface area contributed by atoms with Crippen molar-refractivity contribution >= 4 is 52.4 Å². The maximum absolute atomic E-state index is 13.5. The summed E-state index contributed by atoms with van der Waals surface area (Å²) in [5.74, 6) is -0.632. The number of aromatic nitrogens is 2. The molecule has 6 aromatic rings. The Morgan fingerprint density at radius 3 is 1.58 bits per heavy atom. The van der Waals surface area contributed by atoms with Gasteiger partial charge in [-0.25, -0.2) is 18.7 Å². The molecule has 1 N–H and O–H groups in total. The minimum Gasteiger partial charge on any atom is -0.471 e. The Balaban J connectivity index is 0.000000186. The van der Waals surface area contributed by atoms with Crippen molar-refractivity contribution in [3.05, 3.63) is 177 Å². The molecule has 8 rings (SSSR count). The number of carbonyl (C=O) groups is 3. The lowest BCUT2D eigenvalue weighted by Crippen LogP contribution is -2.26. The zero-order valence-electron chi connectivity index (χ0n) is 33.4. The van der Waals surface area contributed by atoms with Crippen molar-refractivity contribution in [2.45, 2.75) is 37.9 Å². The number of aldehydes is 1. The Kier molecular flexibility index (Phi) is 14.6. The van der Waals surface area contributed by atoms with Crippen molar-refractivity contribution < 1.29 is 37.7 Å². The van der Waals surface area contributed by atoms with Gasteiger partial charge < -0.3 is 29.2 Å². The van der Waals surface area contributed by atoms with E-state index in [9.17, 15) is 28.3 Å². The molecule has 318 valence electrons. The second-order valence-electron chi connectivity index (χ2n) is 14.7. The third kappa shape index (κ3) is 10.8. The smallest absolute Gasteiger partial charge is 0.232 e. The lowest BCUT2D eigenvalue weighted by atomic mass is 9.98. The highest BCUT2D eigenvalue weighted by atomic mass is 35.5. The van der Waals surface area contributed by atoms with Crippen LogP contribution < -0.4 is 19.3 Å². The van der Waals surface area contributed by atoms with Crippen LogP contribution in [-0.2, 0) is 17.6 Å². The summed E-state index contributed by atoms with van der Waals surface area (Å²) in [6.45, 7) is 2.71. The first kappa shape index (κ1) is 43.9. The van der Waals surface area contributed by atoms with Gasteiger partial charge in [0, 0.05) is 85.0 Å². The largest absolute Gasteiger partial charge is 0.471 e. The van der Waals surface area contributed by atoms with Crippen LogP contribution in [0.4, 0.5) is 20.2 Å². The summed E-state index contributed by atoms with van der Waals surface area (Å²) in [5, 5.41) is 10.5. The van der Waals surface area contributed by atoms with Gasteiger partial charge in [-0.3, -0.25) is 9.59 Å². The van der Waals surface area contributed by atoms with E-state index in [4.69, 9.17) is 32.7 Å². The second kappa shape index (κ2) is 20.6. The van der Waals surface area contributed by atoms with Crippen LogP contribution in [0.1, 0.15) is 55.8 Å². The Labute approximate surface area is 367 Å². The normalized spacial score (nSPS) is 15.8. The van der Waals surface area contributed by atoms with Crippen LogP contribution >= 0.6 is 23.2 Å². The monoisotopic (exact) mass is 878 g/mol. The van der Waals surface area contributed by atoms with E-state index in [1.165, 1.54) is 36.4 Å². The van der Waals surface area contributed by atoms with Crippen molar-refractivity contribution in [1.82, 2.24) is 9.97 Å². The van der Waals surface area contributed by atoms with Crippen LogP contribution in [0.25, 0.3) is 0 Å². The van der Waals surface area contributed by atoms with Crippen molar-refractivity contribution in [3.63, 3.8) is 0 Å². The van der Waals surface area contributed by atoms with E-state index >= 15 is 0 Å². The number of halogens is 4. The van der Waals surface area contributed by atoms with E-state index in [0.29, 0.717) is 58.0 Å². The summed E-state index contributed by atoms with van der Waals surface area (Å²) in [7, 11) is 0. The summed E-state index contributed by atoms with van der Waals surface area (Å²) >= 11 is 12.3. The Hall–Kier alpha value is -6.21. The minimum atomic E-state index is -0.466. The number of benzene rings is 4. The number of hydrogen-bond donors (Lipinski definition) is 1. The SMILES string of the molecule is O=C(c1cccc(F)c1)c1ccc(N2CC[C@H](Oc3ncccc3Cl)C2)c(CCO)c1.O=CCc1cc(C(=O)c2cccc(F)c2)ccc1N1CC[C@H](Oc2ncccc2Cl)C1. The summed E-state index contributed by atoms with van der Waals surface area (Å²) in [5.41, 5.74) is 4.87. The van der Waals surface area contributed by atoms with E-state index in [0.717, 1.165) is 54.7 Å². The number of hydrogen-bond acceptors (Lipinski definition) is 10. The predicted octanol–water partition coefficient (Wildman–Crippen LogP) is 8.80. The number of ketones is 2. The molecule has 0 unspecified atom stereocenters. The third-order valence-corrected chi connectivity index (χ3v) is 11.1. The van der Waals surface area contributed by atoms with Crippen molar-refractivity contribution in [1.29, 1.82) is 0 Å². The molecule has 0 aliphatic carbocycles. The molecule has 2 aliphatic rings. The first-order valence-corrected chi connectivity index (χ1v) is 20.8. The second-order valence-corrected chi connectivity index (χ2v) is 15.6. The molecule has 10 nitrogen and oxygen atoms in total. The quantitative estimate of drug-likeness (QED) is 0.0840. The van der Waals surface area contributed by atoms with Crippen LogP contribution in [0.3, 0.4) is 0 Å². The number of rotatable bonds is 14. The van der Waals surface area contributed by atoms with Crippen LogP contribution in [0, 0.1) is 11.6 Å². The molecule has 2 aromatic heterocycles. The molecular weight excluding hydrogens is 837 g/mol. The van der Waals surface area contributed by atoms with Gasteiger partial charge in [-0.1, -0.05) is 47.5 Å². The molecule has 4 heterocycles. The lowest BCUT2D eigenvalue weighted by Gasteiger charge is -2.23. The van der Waals surface area contributed by atoms with Gasteiger partial charge in [0.2, 0.25) is 11.8 Å². The molecule has 2 saturated heterocycles. The standard InChI is InChI=1S/C24H22ClFN2O3.C24H20ClFN2O3/c2*25-21-5-2-10-27-24(21)31-20-8-11-28(15-20)22-7-6-18(13-16(22)9-12-29)23(30)17-3-1-4-19(26)14-17/h1-7,10,13-14,20,29H,8-9,11-12,15H2;1-7,10,12-14,20H,8-9,11,15H2/t2*20-/m00/s1. The summed E-state index contributed by atoms with van der Waals surface area (Å²) in [4.78, 5) is 49.5. The molecule has 62 heavy (non-hydrogen) atoms. The van der Waals surface area contributed by atoms with E-state index in [2.05, 4.69) is 19.8 Å². The molecule has 2 fully saturated rings. The zero-order chi connectivity index (χ0) is 43.6. The number of nitrogens with zero attached hydrogens (tertiary/aromatic N) is 4. The molecule has 2 aliphatic heterocycles. The highest BCUT2D eigenvalue weighted by Crippen LogP contribution is 2.32. The molecule has 14 heteroatoms. The first-order chi connectivity index (χ1) is 30.1. The maximum Gasteiger partial charge on any atom is 0.232 e. The molecule has 0 amide bonds. The highest BCUT2D eigenvalue weighted by Gasteiger charge is 2.29. The predicted molar refractivity (Wildman–Crippen MR) is 234 cm³/mol. The first-order valence-electron chi connectivity index (χ1n) is 20.0. The Bertz CT molecular complexity index is 2560. The third-order valence-electron chi connectivity index (χ3n) is 10.5. The van der Waals surface area contributed by atoms with E-state index in [-0.39, 0.29) is 42.4 Å². The zero-order valence-corrected chi connectivity index (χ0v) is 34.9. The molecular formula is C48H42Cl2F2N4O6. The minimum absolute atomic E-state index is 0.0398. The van der Waals surface area contributed by atoms with Crippen LogP contribution in [0.5, 0.6) is 11.8 Å². The van der Waals surface area contributed by atoms with E-state index in [1.807, 2.05) is 12.1 Å². The van der Waals surface area contributed by atoms with Gasteiger partial charge in [-0.05, 0) is 102 Å². The molecule has 2 atom stereocenters. The molecule has 0 radical (unpaired) electrons. The number of aliphatic hydroxyl groups is 1. The number of carbonyl (C=O) groups excluding carboxylic acids is 3. The number of anilines is 2. The fraction of sp³-hybridized carbons (Fsp3) is 0.229. The van der Waals surface area contributed by atoms with Crippen molar-refractivity contribution in [2.24, 2.45) is 0 Å². The molecule has 0 spiro atoms. The lowest BCUT2D eigenvalue weighted by molar-refractivity contribution is -0.107. The van der Waals surface area contributed by atoms with Crippen LogP contribution in [-0.4, -0.2) is 77.9 Å². The maximum atomic E-state index is 13.5. The highest BCUT2D eigenvalue weighted by molar-refractivity contribution is 6.32. The molecule has 0 saturated carbocycles. The van der Waals surface area contributed by atoms with E-state index < -0.39 is 11.6 Å². The summed E-state index contributed by atoms with van der Waals surface area (Å²) < 4.78 is 38.9.